The zero-order chi connectivity index (χ0) is 10.3. The Hall–Kier alpha value is -1.02. The van der Waals surface area contributed by atoms with Gasteiger partial charge in [-0.3, -0.25) is 4.79 Å². The summed E-state index contributed by atoms with van der Waals surface area (Å²) in [5.74, 6) is -0.969. The standard InChI is InChI=1S/C11H11ClO2/c1-6-4-7-2-3-8(12)5-9(7)10(6)11(13)14/h2-3,5-6,10H,4H2,1H3,(H,13,14). The van der Waals surface area contributed by atoms with Gasteiger partial charge in [0.2, 0.25) is 0 Å². The molecule has 3 heteroatoms. The van der Waals surface area contributed by atoms with Crippen molar-refractivity contribution in [2.75, 3.05) is 0 Å². The number of hydrogen-bond acceptors (Lipinski definition) is 1. The van der Waals surface area contributed by atoms with E-state index in [1.165, 1.54) is 0 Å². The molecule has 1 N–H and O–H groups in total. The first-order chi connectivity index (χ1) is 6.59. The number of carboxylic acid groups (broad SMARTS) is 1. The van der Waals surface area contributed by atoms with Crippen molar-refractivity contribution in [1.29, 1.82) is 0 Å². The molecule has 2 unspecified atom stereocenters. The van der Waals surface area contributed by atoms with Crippen LogP contribution in [0.25, 0.3) is 0 Å². The van der Waals surface area contributed by atoms with E-state index >= 15 is 0 Å². The maximum Gasteiger partial charge on any atom is 0.311 e. The fourth-order valence-corrected chi connectivity index (χ4v) is 2.37. The first kappa shape index (κ1) is 9.53. The van der Waals surface area contributed by atoms with Crippen molar-refractivity contribution in [2.24, 2.45) is 5.92 Å². The van der Waals surface area contributed by atoms with Crippen LogP contribution in [-0.2, 0) is 11.2 Å². The van der Waals surface area contributed by atoms with Gasteiger partial charge >= 0.3 is 5.97 Å². The zero-order valence-electron chi connectivity index (χ0n) is 7.83. The smallest absolute Gasteiger partial charge is 0.311 e. The van der Waals surface area contributed by atoms with Gasteiger partial charge in [0.05, 0.1) is 5.92 Å². The highest BCUT2D eigenvalue weighted by atomic mass is 35.5. The van der Waals surface area contributed by atoms with Crippen LogP contribution in [0, 0.1) is 5.92 Å². The minimum Gasteiger partial charge on any atom is -0.481 e. The lowest BCUT2D eigenvalue weighted by Gasteiger charge is -2.10. The Labute approximate surface area is 87.5 Å². The van der Waals surface area contributed by atoms with E-state index in [1.807, 2.05) is 19.1 Å². The molecular weight excluding hydrogens is 200 g/mol. The van der Waals surface area contributed by atoms with Gasteiger partial charge in [-0.1, -0.05) is 24.6 Å². The molecule has 74 valence electrons. The third kappa shape index (κ3) is 1.40. The normalized spacial score (nSPS) is 24.7. The lowest BCUT2D eigenvalue weighted by Crippen LogP contribution is -2.14. The minimum absolute atomic E-state index is 0.168. The molecule has 0 bridgehead atoms. The average molecular weight is 211 g/mol. The highest BCUT2D eigenvalue weighted by Gasteiger charge is 2.34. The predicted octanol–water partition coefficient (Wildman–Crippen LogP) is 2.70. The molecule has 1 aromatic carbocycles. The SMILES string of the molecule is CC1Cc2ccc(Cl)cc2C1C(=O)O. The average Bonchev–Trinajstić information content (AvgIpc) is 2.40. The highest BCUT2D eigenvalue weighted by molar-refractivity contribution is 6.30. The fourth-order valence-electron chi connectivity index (χ4n) is 2.19. The van der Waals surface area contributed by atoms with Crippen LogP contribution in [0.15, 0.2) is 18.2 Å². The van der Waals surface area contributed by atoms with Crippen molar-refractivity contribution in [3.63, 3.8) is 0 Å². The summed E-state index contributed by atoms with van der Waals surface area (Å²) < 4.78 is 0. The molecule has 0 saturated heterocycles. The number of rotatable bonds is 1. The molecule has 0 amide bonds. The van der Waals surface area contributed by atoms with Crippen molar-refractivity contribution >= 4 is 17.6 Å². The van der Waals surface area contributed by atoms with E-state index in [-0.39, 0.29) is 11.8 Å². The molecule has 0 heterocycles. The molecule has 0 fully saturated rings. The van der Waals surface area contributed by atoms with Gasteiger partial charge in [0.1, 0.15) is 0 Å². The Balaban J connectivity index is 2.49. The van der Waals surface area contributed by atoms with Crippen LogP contribution in [-0.4, -0.2) is 11.1 Å². The van der Waals surface area contributed by atoms with Crippen molar-refractivity contribution in [2.45, 2.75) is 19.3 Å². The van der Waals surface area contributed by atoms with Crippen molar-refractivity contribution < 1.29 is 9.90 Å². The molecule has 1 aliphatic rings. The molecule has 0 aromatic heterocycles. The second-order valence-electron chi connectivity index (χ2n) is 3.84. The molecule has 14 heavy (non-hydrogen) atoms. The summed E-state index contributed by atoms with van der Waals surface area (Å²) in [6.45, 7) is 1.96. The summed E-state index contributed by atoms with van der Waals surface area (Å²) in [5, 5.41) is 9.69. The van der Waals surface area contributed by atoms with Crippen LogP contribution in [0.4, 0.5) is 0 Å². The molecule has 0 aliphatic heterocycles. The quantitative estimate of drug-likeness (QED) is 0.774. The van der Waals surface area contributed by atoms with Gasteiger partial charge in [0.25, 0.3) is 0 Å². The van der Waals surface area contributed by atoms with Gasteiger partial charge in [-0.25, -0.2) is 0 Å². The van der Waals surface area contributed by atoms with Gasteiger partial charge in [-0.15, -0.1) is 0 Å². The first-order valence-corrected chi connectivity index (χ1v) is 4.98. The van der Waals surface area contributed by atoms with E-state index in [4.69, 9.17) is 16.7 Å². The summed E-state index contributed by atoms with van der Waals surface area (Å²) in [6.07, 6.45) is 0.837. The molecule has 2 atom stereocenters. The van der Waals surface area contributed by atoms with Crippen LogP contribution in [0.1, 0.15) is 24.0 Å². The van der Waals surface area contributed by atoms with E-state index in [1.54, 1.807) is 6.07 Å². The van der Waals surface area contributed by atoms with Crippen LogP contribution < -0.4 is 0 Å². The molecular formula is C11H11ClO2. The summed E-state index contributed by atoms with van der Waals surface area (Å²) in [6, 6.07) is 5.52. The van der Waals surface area contributed by atoms with E-state index < -0.39 is 5.97 Å². The van der Waals surface area contributed by atoms with Crippen LogP contribution in [0.5, 0.6) is 0 Å². The van der Waals surface area contributed by atoms with Gasteiger partial charge in [-0.2, -0.15) is 0 Å². The summed E-state index contributed by atoms with van der Waals surface area (Å²) in [5.41, 5.74) is 2.01. The van der Waals surface area contributed by atoms with E-state index in [0.29, 0.717) is 5.02 Å². The predicted molar refractivity (Wildman–Crippen MR) is 54.7 cm³/mol. The maximum absolute atomic E-state index is 11.0. The van der Waals surface area contributed by atoms with Crippen LogP contribution >= 0.6 is 11.6 Å². The molecule has 2 nitrogen and oxygen atoms in total. The number of fused-ring (bicyclic) bond motifs is 1. The van der Waals surface area contributed by atoms with E-state index in [0.717, 1.165) is 17.5 Å². The number of hydrogen-bond donors (Lipinski definition) is 1. The summed E-state index contributed by atoms with van der Waals surface area (Å²) in [4.78, 5) is 11.0. The van der Waals surface area contributed by atoms with Crippen LogP contribution in [0.3, 0.4) is 0 Å². The maximum atomic E-state index is 11.0. The topological polar surface area (TPSA) is 37.3 Å². The Bertz CT molecular complexity index is 387. The van der Waals surface area contributed by atoms with Crippen molar-refractivity contribution in [3.05, 3.63) is 34.3 Å². The first-order valence-electron chi connectivity index (χ1n) is 4.60. The molecule has 0 radical (unpaired) electrons. The molecule has 0 saturated carbocycles. The number of aliphatic carboxylic acids is 1. The lowest BCUT2D eigenvalue weighted by molar-refractivity contribution is -0.139. The number of carbonyl (C=O) groups is 1. The number of halogens is 1. The third-order valence-electron chi connectivity index (χ3n) is 2.82. The third-order valence-corrected chi connectivity index (χ3v) is 3.06. The number of carboxylic acids is 1. The highest BCUT2D eigenvalue weighted by Crippen LogP contribution is 2.38. The van der Waals surface area contributed by atoms with Gasteiger partial charge < -0.3 is 5.11 Å². The summed E-state index contributed by atoms with van der Waals surface area (Å²) in [7, 11) is 0. The Morgan fingerprint density at radius 1 is 1.57 bits per heavy atom. The zero-order valence-corrected chi connectivity index (χ0v) is 8.58. The Morgan fingerprint density at radius 2 is 2.29 bits per heavy atom. The van der Waals surface area contributed by atoms with Crippen molar-refractivity contribution in [1.82, 2.24) is 0 Å². The second kappa shape index (κ2) is 3.28. The fraction of sp³-hybridized carbons (Fsp3) is 0.364. The van der Waals surface area contributed by atoms with Crippen molar-refractivity contribution in [3.8, 4) is 0 Å². The lowest BCUT2D eigenvalue weighted by atomic mass is 9.94. The summed E-state index contributed by atoms with van der Waals surface area (Å²) >= 11 is 5.85. The Morgan fingerprint density at radius 3 is 2.93 bits per heavy atom. The molecule has 1 aromatic rings. The van der Waals surface area contributed by atoms with Gasteiger partial charge in [0, 0.05) is 5.02 Å². The number of benzene rings is 1. The minimum atomic E-state index is -0.751. The molecule has 2 rings (SSSR count). The van der Waals surface area contributed by atoms with E-state index in [9.17, 15) is 4.79 Å². The molecule has 0 spiro atoms. The van der Waals surface area contributed by atoms with Gasteiger partial charge in [-0.05, 0) is 35.6 Å². The van der Waals surface area contributed by atoms with Gasteiger partial charge in [0.15, 0.2) is 0 Å². The Kier molecular flexibility index (Phi) is 2.23. The van der Waals surface area contributed by atoms with E-state index in [2.05, 4.69) is 0 Å². The molecule has 1 aliphatic carbocycles. The second-order valence-corrected chi connectivity index (χ2v) is 4.28. The monoisotopic (exact) mass is 210 g/mol. The largest absolute Gasteiger partial charge is 0.481 e. The van der Waals surface area contributed by atoms with Crippen LogP contribution in [0.2, 0.25) is 5.02 Å².